The fraction of sp³-hybridized carbons (Fsp3) is 0.667. The van der Waals surface area contributed by atoms with Crippen LogP contribution in [0.2, 0.25) is 0 Å². The first-order chi connectivity index (χ1) is 25.8. The van der Waals surface area contributed by atoms with Gasteiger partial charge >= 0.3 is 5.97 Å². The number of hydrogen-bond donors (Lipinski definition) is 2. The quantitative estimate of drug-likeness (QED) is 0.0511. The molecule has 9 heteroatoms. The largest absolute Gasteiger partial charge is 0.466 e. The van der Waals surface area contributed by atoms with E-state index in [4.69, 9.17) is 14.2 Å². The highest BCUT2D eigenvalue weighted by Gasteiger charge is 2.36. The minimum absolute atomic E-state index is 0.00574. The summed E-state index contributed by atoms with van der Waals surface area (Å²) in [6, 6.07) is 4.28. The van der Waals surface area contributed by atoms with Crippen LogP contribution >= 0.6 is 11.3 Å². The molecule has 314 valence electrons. The van der Waals surface area contributed by atoms with Crippen LogP contribution in [0.25, 0.3) is 15.8 Å². The van der Waals surface area contributed by atoms with Gasteiger partial charge in [-0.25, -0.2) is 4.98 Å². The van der Waals surface area contributed by atoms with Crippen LogP contribution in [0, 0.1) is 11.3 Å². The molecule has 2 rings (SSSR count). The van der Waals surface area contributed by atoms with Gasteiger partial charge in [0.2, 0.25) is 6.41 Å². The average molecular weight is 778 g/mol. The van der Waals surface area contributed by atoms with E-state index in [0.29, 0.717) is 18.9 Å². The Bertz CT molecular complexity index is 1290. The van der Waals surface area contributed by atoms with Crippen LogP contribution in [-0.4, -0.2) is 51.8 Å². The second-order valence-corrected chi connectivity index (χ2v) is 13.3. The number of carbonyl (C=O) groups is 2. The third-order valence-electron chi connectivity index (χ3n) is 8.60. The smallest absolute Gasteiger partial charge is 0.312 e. The van der Waals surface area contributed by atoms with Crippen molar-refractivity contribution in [3.63, 3.8) is 0 Å². The highest BCUT2D eigenvalue weighted by Crippen LogP contribution is 2.37. The number of hydrogen-bond acceptors (Lipinski definition) is 8. The SMILES string of the molecule is C/C=C(\C=C(/C)CC)c1cc(C(OC)OC)c2sc(NC)nc2c1.C=C(C)C(C)CC.CC.CC.CCCC(CC)(CCC)C(=O)OCC.CCNC=O. The number of rotatable bonds is 18. The number of nitrogens with one attached hydrogen (secondary N) is 2. The van der Waals surface area contributed by atoms with E-state index in [-0.39, 0.29) is 11.4 Å². The van der Waals surface area contributed by atoms with Crippen molar-refractivity contribution in [3.8, 4) is 0 Å². The third-order valence-corrected chi connectivity index (χ3v) is 9.74. The molecule has 1 aromatic carbocycles. The van der Waals surface area contributed by atoms with Gasteiger partial charge < -0.3 is 24.8 Å². The molecule has 0 radical (unpaired) electrons. The number of anilines is 1. The van der Waals surface area contributed by atoms with Gasteiger partial charge in [0.15, 0.2) is 11.4 Å². The van der Waals surface area contributed by atoms with Crippen molar-refractivity contribution >= 4 is 44.6 Å². The Morgan fingerprint density at radius 3 is 1.85 bits per heavy atom. The maximum atomic E-state index is 11.9. The van der Waals surface area contributed by atoms with Crippen molar-refractivity contribution in [1.82, 2.24) is 10.3 Å². The average Bonchev–Trinajstić information content (AvgIpc) is 3.63. The van der Waals surface area contributed by atoms with Crippen LogP contribution in [-0.2, 0) is 23.8 Å². The predicted octanol–water partition coefficient (Wildman–Crippen LogP) is 13.3. The number of methoxy groups -OCH3 is 2. The van der Waals surface area contributed by atoms with Crippen molar-refractivity contribution in [1.29, 1.82) is 0 Å². The number of ether oxygens (including phenoxy) is 3. The van der Waals surface area contributed by atoms with Gasteiger partial charge in [0.25, 0.3) is 0 Å². The summed E-state index contributed by atoms with van der Waals surface area (Å²) >= 11 is 1.61. The van der Waals surface area contributed by atoms with E-state index < -0.39 is 6.29 Å². The number of nitrogens with zero attached hydrogens (tertiary/aromatic N) is 1. The third kappa shape index (κ3) is 22.4. The lowest BCUT2D eigenvalue weighted by molar-refractivity contribution is -0.156. The van der Waals surface area contributed by atoms with E-state index in [1.807, 2.05) is 48.6 Å². The summed E-state index contributed by atoms with van der Waals surface area (Å²) in [7, 11) is 5.20. The number of benzene rings is 1. The molecule has 2 aromatic rings. The topological polar surface area (TPSA) is 98.8 Å². The Morgan fingerprint density at radius 2 is 1.54 bits per heavy atom. The standard InChI is InChI=1S/C19H26N2O2S.C12H24O2.C7H14.C3H7NO.2C2H6/c1-7-12(3)9-13(8-2)14-10-15(18(22-5)23-6)17-16(11-14)21-19(20-4)24-17;1-5-9-12(7-3,10-6-2)11(13)14-8-4;1-5-7(4)6(2)3;1-2-4-3-5;2*1-2/h8-11,18H,7H2,1-6H3,(H,20,21);5-10H2,1-4H3;7H,2,5H2,1,3-4H3;3H,2H2,1H3,(H,4,5);2*1-2H3/b12-9+,13-8+;;;;;. The van der Waals surface area contributed by atoms with E-state index in [1.165, 1.54) is 23.1 Å². The number of esters is 1. The van der Waals surface area contributed by atoms with Gasteiger partial charge in [-0.1, -0.05) is 123 Å². The molecular formula is C45H83N3O5S. The zero-order chi connectivity index (χ0) is 42.7. The molecular weight excluding hydrogens is 695 g/mol. The number of thiazole rings is 1. The van der Waals surface area contributed by atoms with Crippen molar-refractivity contribution in [2.45, 2.75) is 155 Å². The zero-order valence-corrected chi connectivity index (χ0v) is 38.8. The van der Waals surface area contributed by atoms with E-state index in [1.54, 1.807) is 25.6 Å². The van der Waals surface area contributed by atoms with Crippen LogP contribution in [0.5, 0.6) is 0 Å². The summed E-state index contributed by atoms with van der Waals surface area (Å²) in [5.74, 6) is 0.714. The molecule has 0 aliphatic rings. The fourth-order valence-corrected chi connectivity index (χ4v) is 5.98. The molecule has 1 heterocycles. The van der Waals surface area contributed by atoms with Gasteiger partial charge in [-0.15, -0.1) is 0 Å². The molecule has 0 saturated heterocycles. The summed E-state index contributed by atoms with van der Waals surface area (Å²) in [5, 5.41) is 6.44. The molecule has 1 atom stereocenters. The van der Waals surface area contributed by atoms with Crippen LogP contribution in [0.15, 0.2) is 42.0 Å². The lowest BCUT2D eigenvalue weighted by Crippen LogP contribution is -2.32. The number of allylic oxidation sites excluding steroid dienone is 5. The van der Waals surface area contributed by atoms with Crippen LogP contribution < -0.4 is 10.6 Å². The summed E-state index contributed by atoms with van der Waals surface area (Å²) in [4.78, 5) is 25.8. The van der Waals surface area contributed by atoms with Crippen molar-refractivity contribution in [2.75, 3.05) is 39.7 Å². The van der Waals surface area contributed by atoms with Gasteiger partial charge in [-0.2, -0.15) is 0 Å². The second kappa shape index (κ2) is 36.9. The van der Waals surface area contributed by atoms with E-state index in [9.17, 15) is 9.59 Å². The van der Waals surface area contributed by atoms with Gasteiger partial charge in [-0.3, -0.25) is 9.59 Å². The minimum Gasteiger partial charge on any atom is -0.466 e. The maximum Gasteiger partial charge on any atom is 0.312 e. The summed E-state index contributed by atoms with van der Waals surface area (Å²) in [6.45, 7) is 35.9. The Kier molecular flexibility index (Phi) is 39.5. The first-order valence-electron chi connectivity index (χ1n) is 20.3. The van der Waals surface area contributed by atoms with Gasteiger partial charge in [0, 0.05) is 33.4 Å². The molecule has 1 amide bonds. The summed E-state index contributed by atoms with van der Waals surface area (Å²) < 4.78 is 17.3. The molecule has 1 aromatic heterocycles. The van der Waals surface area contributed by atoms with E-state index in [0.717, 1.165) is 71.5 Å². The molecule has 0 bridgehead atoms. The molecule has 1 unspecified atom stereocenters. The molecule has 0 aliphatic heterocycles. The Hall–Kier alpha value is -3.01. The Balaban J connectivity index is -0.000000352. The first kappa shape index (κ1) is 57.7. The Labute approximate surface area is 337 Å². The van der Waals surface area contributed by atoms with Crippen LogP contribution in [0.3, 0.4) is 0 Å². The minimum atomic E-state index is -0.410. The summed E-state index contributed by atoms with van der Waals surface area (Å²) in [5.41, 5.74) is 6.70. The molecule has 54 heavy (non-hydrogen) atoms. The van der Waals surface area contributed by atoms with Crippen molar-refractivity contribution < 1.29 is 23.8 Å². The normalized spacial score (nSPS) is 11.4. The van der Waals surface area contributed by atoms with Gasteiger partial charge in [0.1, 0.15) is 0 Å². The molecule has 0 fully saturated rings. The Morgan fingerprint density at radius 1 is 0.981 bits per heavy atom. The number of carbonyl (C=O) groups excluding carboxylic acids is 2. The van der Waals surface area contributed by atoms with E-state index >= 15 is 0 Å². The monoisotopic (exact) mass is 778 g/mol. The second-order valence-electron chi connectivity index (χ2n) is 12.3. The molecule has 0 spiro atoms. The lowest BCUT2D eigenvalue weighted by Gasteiger charge is -2.29. The zero-order valence-electron chi connectivity index (χ0n) is 38.0. The van der Waals surface area contributed by atoms with Crippen LogP contribution in [0.1, 0.15) is 166 Å². The highest BCUT2D eigenvalue weighted by molar-refractivity contribution is 7.22. The van der Waals surface area contributed by atoms with Crippen molar-refractivity contribution in [3.05, 3.63) is 53.1 Å². The van der Waals surface area contributed by atoms with E-state index in [2.05, 4.69) is 109 Å². The van der Waals surface area contributed by atoms with Gasteiger partial charge in [0.05, 0.1) is 22.2 Å². The number of fused-ring (bicyclic) bond motifs is 1. The van der Waals surface area contributed by atoms with Crippen LogP contribution in [0.4, 0.5) is 5.13 Å². The van der Waals surface area contributed by atoms with Crippen molar-refractivity contribution in [2.24, 2.45) is 11.3 Å². The molecule has 8 nitrogen and oxygen atoms in total. The first-order valence-corrected chi connectivity index (χ1v) is 21.2. The predicted molar refractivity (Wildman–Crippen MR) is 240 cm³/mol. The lowest BCUT2D eigenvalue weighted by atomic mass is 9.77. The number of aromatic nitrogens is 1. The number of amides is 1. The molecule has 2 N–H and O–H groups in total. The summed E-state index contributed by atoms with van der Waals surface area (Å²) in [6.07, 6.45) is 11.8. The highest BCUT2D eigenvalue weighted by atomic mass is 32.1. The maximum absolute atomic E-state index is 11.9. The molecule has 0 aliphatic carbocycles. The fourth-order valence-electron chi connectivity index (χ4n) is 5.06. The van der Waals surface area contributed by atoms with Gasteiger partial charge in [-0.05, 0) is 95.9 Å². The molecule has 0 saturated carbocycles.